The molecule has 0 unspecified atom stereocenters. The van der Waals surface area contributed by atoms with Gasteiger partial charge in [-0.3, -0.25) is 23.5 Å². The summed E-state index contributed by atoms with van der Waals surface area (Å²) < 4.78 is 74.4. The number of ether oxygens (including phenoxy) is 1. The minimum atomic E-state index is -4.12. The van der Waals surface area contributed by atoms with E-state index in [-0.39, 0.29) is 69.4 Å². The minimum Gasteiger partial charge on any atom is -0.481 e. The Bertz CT molecular complexity index is 3160. The number of rotatable bonds is 29. The number of urea groups is 1. The number of carboxylic acids is 3. The number of carboxylic acid groups (broad SMARTS) is 3. The monoisotopic (exact) mass is 1130 g/mol. The third kappa shape index (κ3) is 17.0. The highest BCUT2D eigenvalue weighted by Gasteiger charge is 2.44. The Labute approximate surface area is 462 Å². The van der Waals surface area contributed by atoms with Gasteiger partial charge >= 0.3 is 23.9 Å². The van der Waals surface area contributed by atoms with Gasteiger partial charge in [0.05, 0.1) is 22.8 Å². The van der Waals surface area contributed by atoms with Gasteiger partial charge < -0.3 is 35.6 Å². The molecular weight excluding hydrogens is 1060 g/mol. The molecule has 2 atom stereocenters. The van der Waals surface area contributed by atoms with E-state index < -0.39 is 72.7 Å². The second kappa shape index (κ2) is 26.8. The van der Waals surface area contributed by atoms with Crippen LogP contribution in [0.25, 0.3) is 0 Å². The lowest BCUT2D eigenvalue weighted by Crippen LogP contribution is -2.46. The second-order valence-corrected chi connectivity index (χ2v) is 24.4. The van der Waals surface area contributed by atoms with Gasteiger partial charge in [-0.25, -0.2) is 9.59 Å². The molecule has 426 valence electrons. The van der Waals surface area contributed by atoms with Crippen LogP contribution in [0, 0.1) is 5.92 Å². The first kappa shape index (κ1) is 61.3. The topological polar surface area (TPSA) is 294 Å². The number of allylic oxidation sites excluding steroid dienone is 7. The van der Waals surface area contributed by atoms with Gasteiger partial charge in [0.1, 0.15) is 29.9 Å². The largest absolute Gasteiger partial charge is 0.481 e. The molecule has 19 nitrogen and oxygen atoms in total. The Hall–Kier alpha value is -6.94. The van der Waals surface area contributed by atoms with Gasteiger partial charge in [-0.2, -0.15) is 21.4 Å². The second-order valence-electron chi connectivity index (χ2n) is 21.3. The Morgan fingerprint density at radius 3 is 2.06 bits per heavy atom. The van der Waals surface area contributed by atoms with Crippen LogP contribution in [0.1, 0.15) is 121 Å². The van der Waals surface area contributed by atoms with E-state index in [9.17, 15) is 60.1 Å². The van der Waals surface area contributed by atoms with Crippen molar-refractivity contribution in [1.82, 2.24) is 10.6 Å². The molecule has 0 saturated heterocycles. The van der Waals surface area contributed by atoms with Crippen LogP contribution in [-0.4, -0.2) is 118 Å². The molecule has 2 aliphatic heterocycles. The van der Waals surface area contributed by atoms with Crippen LogP contribution >= 0.6 is 0 Å². The average molecular weight is 1130 g/mol. The summed E-state index contributed by atoms with van der Waals surface area (Å²) in [6.45, 7) is 9.57. The van der Waals surface area contributed by atoms with Crippen molar-refractivity contribution in [1.29, 1.82) is 0 Å². The minimum absolute atomic E-state index is 0.00594. The number of unbranched alkanes of at least 4 members (excludes halogenated alkanes) is 2. The molecule has 0 bridgehead atoms. The smallest absolute Gasteiger partial charge is 0.326 e. The van der Waals surface area contributed by atoms with Crippen LogP contribution in [0.2, 0.25) is 0 Å². The fraction of sp³-hybridized carbons (Fsp3) is 0.448. The molecular formula is C58H73N4O15S2+. The Balaban J connectivity index is 1.29. The number of carbonyl (C=O) groups excluding carboxylic acids is 2. The lowest BCUT2D eigenvalue weighted by atomic mass is 9.81. The maximum atomic E-state index is 13.1. The van der Waals surface area contributed by atoms with Gasteiger partial charge in [-0.05, 0) is 124 Å². The maximum Gasteiger partial charge on any atom is 0.326 e. The first-order valence-corrected chi connectivity index (χ1v) is 29.8. The Morgan fingerprint density at radius 2 is 1.41 bits per heavy atom. The number of hydrogen-bond donors (Lipinski definition) is 7. The Morgan fingerprint density at radius 1 is 0.747 bits per heavy atom. The highest BCUT2D eigenvalue weighted by Crippen LogP contribution is 2.48. The molecule has 3 aliphatic rings. The van der Waals surface area contributed by atoms with Crippen molar-refractivity contribution in [2.75, 3.05) is 36.0 Å². The van der Waals surface area contributed by atoms with Gasteiger partial charge in [-0.1, -0.05) is 68.5 Å². The van der Waals surface area contributed by atoms with Crippen molar-refractivity contribution in [3.8, 4) is 5.75 Å². The summed E-state index contributed by atoms with van der Waals surface area (Å²) in [5.41, 5.74) is 7.74. The summed E-state index contributed by atoms with van der Waals surface area (Å²) in [5.74, 6) is -4.91. The molecule has 79 heavy (non-hydrogen) atoms. The molecule has 7 N–H and O–H groups in total. The normalized spacial score (nSPS) is 17.7. The maximum absolute atomic E-state index is 13.1. The van der Waals surface area contributed by atoms with Crippen molar-refractivity contribution in [2.24, 2.45) is 5.92 Å². The van der Waals surface area contributed by atoms with Crippen LogP contribution in [0.15, 0.2) is 120 Å². The summed E-state index contributed by atoms with van der Waals surface area (Å²) in [7, 11) is -8.25. The van der Waals surface area contributed by atoms with Gasteiger partial charge in [0, 0.05) is 73.3 Å². The van der Waals surface area contributed by atoms with Crippen LogP contribution in [0.5, 0.6) is 5.75 Å². The summed E-state index contributed by atoms with van der Waals surface area (Å²) in [6.07, 6.45) is 10.9. The molecule has 0 fully saturated rings. The van der Waals surface area contributed by atoms with Crippen LogP contribution < -0.4 is 20.3 Å². The Kier molecular flexibility index (Phi) is 20.8. The van der Waals surface area contributed by atoms with Crippen molar-refractivity contribution < 1.29 is 74.5 Å². The summed E-state index contributed by atoms with van der Waals surface area (Å²) in [4.78, 5) is 62.7. The standard InChI is InChI=1S/C58H72N4O15S2/c1-57(2)45-17-5-7-19-48(45)61(33-9-11-35-78(71,72)73)50(57)30-24-40-15-13-16-41(25-31-51-58(3,4)46-18-6-8-20-49(46)62(51)34-10-12-36-79(74,75)76)53(40)77-44-27-22-39(23-28-44)37-42(54(66)67)38-43(63)26-29-47(55(68)69)60-56(70)59-32-14-21-52(64)65/h5-8,17-20,22-25,27-28,30-31,42,47H,9-16,21,26,29,32-38H2,1-4H3,(H6-,59,60,64,65,66,67,68,69,70,71,72,73,74,75,76)/p+1/t42-,47+/m1/s1. The number of benzene rings is 3. The van der Waals surface area contributed by atoms with Crippen molar-refractivity contribution in [2.45, 2.75) is 128 Å². The zero-order valence-corrected chi connectivity index (χ0v) is 46.8. The van der Waals surface area contributed by atoms with E-state index in [0.29, 0.717) is 55.8 Å². The lowest BCUT2D eigenvalue weighted by Gasteiger charge is -2.27. The number of nitrogens with zero attached hydrogens (tertiary/aromatic N) is 2. The van der Waals surface area contributed by atoms with Gasteiger partial charge in [0.25, 0.3) is 20.2 Å². The number of para-hydroxylation sites is 2. The molecule has 3 aromatic carbocycles. The third-order valence-electron chi connectivity index (χ3n) is 14.6. The summed E-state index contributed by atoms with van der Waals surface area (Å²) >= 11 is 0. The fourth-order valence-corrected chi connectivity index (χ4v) is 11.7. The predicted molar refractivity (Wildman–Crippen MR) is 299 cm³/mol. The van der Waals surface area contributed by atoms with Gasteiger partial charge in [0.15, 0.2) is 5.71 Å². The third-order valence-corrected chi connectivity index (χ3v) is 16.3. The molecule has 6 rings (SSSR count). The SMILES string of the molecule is CC1(C)C(=CC=C2CCCC(C=CC3=[N+](CCCCS(=O)(=O)O)c4ccccc4C3(C)C)=C2Oc2ccc(C[C@H](CC(=O)CC[C@H](NC(=O)NCCCC(=O)O)C(=O)O)C(=O)O)cc2)N(CCCCS(=O)(=O)O)c2ccccc21. The van der Waals surface area contributed by atoms with Gasteiger partial charge in [0.2, 0.25) is 5.69 Å². The van der Waals surface area contributed by atoms with E-state index in [1.165, 1.54) is 0 Å². The number of nitrogens with one attached hydrogen (secondary N) is 2. The molecule has 3 aromatic rings. The summed E-state index contributed by atoms with van der Waals surface area (Å²) in [6, 6.07) is 20.8. The molecule has 2 amide bonds. The highest BCUT2D eigenvalue weighted by molar-refractivity contribution is 7.86. The van der Waals surface area contributed by atoms with E-state index in [1.807, 2.05) is 36.4 Å². The molecule has 0 saturated carbocycles. The lowest BCUT2D eigenvalue weighted by molar-refractivity contribution is -0.438. The van der Waals surface area contributed by atoms with E-state index in [0.717, 1.165) is 51.5 Å². The van der Waals surface area contributed by atoms with Crippen molar-refractivity contribution in [3.63, 3.8) is 0 Å². The number of aliphatic carboxylic acids is 3. The first-order chi connectivity index (χ1) is 37.2. The molecule has 1 aliphatic carbocycles. The van der Waals surface area contributed by atoms with E-state index in [1.54, 1.807) is 24.3 Å². The van der Waals surface area contributed by atoms with Crippen LogP contribution in [0.3, 0.4) is 0 Å². The fourth-order valence-electron chi connectivity index (χ4n) is 10.5. The van der Waals surface area contributed by atoms with E-state index in [2.05, 4.69) is 84.2 Å². The number of amides is 2. The predicted octanol–water partition coefficient (Wildman–Crippen LogP) is 8.68. The van der Waals surface area contributed by atoms with Crippen molar-refractivity contribution >= 4 is 67.0 Å². The molecule has 0 spiro atoms. The van der Waals surface area contributed by atoms with E-state index >= 15 is 0 Å². The van der Waals surface area contributed by atoms with Crippen molar-refractivity contribution in [3.05, 3.63) is 136 Å². The number of hydrogen-bond acceptors (Lipinski definition) is 11. The molecule has 2 heterocycles. The zero-order valence-electron chi connectivity index (χ0n) is 45.1. The van der Waals surface area contributed by atoms with E-state index in [4.69, 9.17) is 9.84 Å². The zero-order chi connectivity index (χ0) is 57.7. The average Bonchev–Trinajstić information content (AvgIpc) is 3.82. The summed E-state index contributed by atoms with van der Waals surface area (Å²) in [5, 5.41) is 33.3. The molecule has 0 radical (unpaired) electrons. The number of Topliss-reactive ketones (excluding diaryl/α,β-unsaturated/α-hetero) is 1. The quantitative estimate of drug-likeness (QED) is 0.0194. The highest BCUT2D eigenvalue weighted by atomic mass is 32.2. The number of fused-ring (bicyclic) bond motifs is 2. The number of ketones is 1. The first-order valence-electron chi connectivity index (χ1n) is 26.6. The van der Waals surface area contributed by atoms with Crippen LogP contribution in [0.4, 0.5) is 16.2 Å². The number of carbonyl (C=O) groups is 5. The van der Waals surface area contributed by atoms with Crippen LogP contribution in [-0.2, 0) is 56.7 Å². The molecule has 21 heteroatoms. The molecule has 0 aromatic heterocycles. The van der Waals surface area contributed by atoms with Gasteiger partial charge in [-0.15, -0.1) is 0 Å². The number of anilines is 1.